The van der Waals surface area contributed by atoms with Gasteiger partial charge in [0.1, 0.15) is 0 Å². The predicted molar refractivity (Wildman–Crippen MR) is 61.6 cm³/mol. The summed E-state index contributed by atoms with van der Waals surface area (Å²) in [5.41, 5.74) is -0.284. The summed E-state index contributed by atoms with van der Waals surface area (Å²) in [6, 6.07) is 0. The molecule has 1 fully saturated rings. The molecular formula is C10H14BrN3O. The Morgan fingerprint density at radius 1 is 1.53 bits per heavy atom. The maximum atomic E-state index is 9.38. The number of rotatable bonds is 4. The lowest BCUT2D eigenvalue weighted by Gasteiger charge is -2.28. The first-order chi connectivity index (χ1) is 7.14. The van der Waals surface area contributed by atoms with E-state index in [9.17, 15) is 5.11 Å². The van der Waals surface area contributed by atoms with Crippen LogP contribution in [0.25, 0.3) is 0 Å². The third-order valence-corrected chi connectivity index (χ3v) is 3.23. The highest BCUT2D eigenvalue weighted by Crippen LogP contribution is 2.40. The molecule has 0 saturated heterocycles. The van der Waals surface area contributed by atoms with Crippen molar-refractivity contribution in [3.05, 3.63) is 16.9 Å². The van der Waals surface area contributed by atoms with Crippen LogP contribution < -0.4 is 5.32 Å². The number of anilines is 1. The SMILES string of the molecule is C[C@](CO)(Nc1ncc(Br)cn1)C1CC1. The summed E-state index contributed by atoms with van der Waals surface area (Å²) in [5, 5.41) is 12.6. The molecule has 15 heavy (non-hydrogen) atoms. The highest BCUT2D eigenvalue weighted by molar-refractivity contribution is 9.10. The summed E-state index contributed by atoms with van der Waals surface area (Å²) in [6.07, 6.45) is 5.72. The summed E-state index contributed by atoms with van der Waals surface area (Å²) in [7, 11) is 0. The van der Waals surface area contributed by atoms with Gasteiger partial charge in [0, 0.05) is 12.4 Å². The third-order valence-electron chi connectivity index (χ3n) is 2.82. The van der Waals surface area contributed by atoms with E-state index in [-0.39, 0.29) is 12.1 Å². The molecule has 1 atom stereocenters. The molecule has 4 nitrogen and oxygen atoms in total. The summed E-state index contributed by atoms with van der Waals surface area (Å²) < 4.78 is 0.852. The average Bonchev–Trinajstić information content (AvgIpc) is 3.05. The first-order valence-electron chi connectivity index (χ1n) is 5.00. The first kappa shape index (κ1) is 10.8. The maximum absolute atomic E-state index is 9.38. The first-order valence-corrected chi connectivity index (χ1v) is 5.80. The van der Waals surface area contributed by atoms with Gasteiger partial charge in [0.05, 0.1) is 16.6 Å². The molecule has 1 aliphatic carbocycles. The summed E-state index contributed by atoms with van der Waals surface area (Å²) in [5.74, 6) is 1.11. The molecule has 5 heteroatoms. The number of aliphatic hydroxyl groups is 1. The predicted octanol–water partition coefficient (Wildman–Crippen LogP) is 1.81. The van der Waals surface area contributed by atoms with Crippen molar-refractivity contribution in [3.63, 3.8) is 0 Å². The van der Waals surface area contributed by atoms with E-state index in [1.807, 2.05) is 6.92 Å². The van der Waals surface area contributed by atoms with Gasteiger partial charge < -0.3 is 10.4 Å². The molecule has 0 aromatic carbocycles. The average molecular weight is 272 g/mol. The van der Waals surface area contributed by atoms with Crippen LogP contribution in [0.4, 0.5) is 5.95 Å². The molecule has 2 rings (SSSR count). The largest absolute Gasteiger partial charge is 0.394 e. The summed E-state index contributed by atoms with van der Waals surface area (Å²) >= 11 is 3.28. The van der Waals surface area contributed by atoms with E-state index < -0.39 is 0 Å². The molecule has 1 heterocycles. The lowest BCUT2D eigenvalue weighted by molar-refractivity contribution is 0.205. The highest BCUT2D eigenvalue weighted by Gasteiger charge is 2.41. The van der Waals surface area contributed by atoms with Gasteiger partial charge in [-0.2, -0.15) is 0 Å². The minimum absolute atomic E-state index is 0.108. The van der Waals surface area contributed by atoms with Crippen molar-refractivity contribution in [1.82, 2.24) is 9.97 Å². The zero-order valence-corrected chi connectivity index (χ0v) is 10.2. The van der Waals surface area contributed by atoms with Crippen molar-refractivity contribution >= 4 is 21.9 Å². The summed E-state index contributed by atoms with van der Waals surface area (Å²) in [4.78, 5) is 8.28. The molecule has 1 aromatic rings. The van der Waals surface area contributed by atoms with Gasteiger partial charge in [-0.25, -0.2) is 9.97 Å². The van der Waals surface area contributed by atoms with Gasteiger partial charge in [0.2, 0.25) is 5.95 Å². The number of hydrogen-bond donors (Lipinski definition) is 2. The van der Waals surface area contributed by atoms with Crippen LogP contribution in [-0.2, 0) is 0 Å². The van der Waals surface area contributed by atoms with E-state index >= 15 is 0 Å². The number of hydrogen-bond acceptors (Lipinski definition) is 4. The van der Waals surface area contributed by atoms with Crippen molar-refractivity contribution in [2.75, 3.05) is 11.9 Å². The fourth-order valence-electron chi connectivity index (χ4n) is 1.62. The number of aromatic nitrogens is 2. The minimum atomic E-state index is -0.284. The molecule has 1 aromatic heterocycles. The quantitative estimate of drug-likeness (QED) is 0.877. The Hall–Kier alpha value is -0.680. The zero-order valence-electron chi connectivity index (χ0n) is 8.57. The molecule has 0 unspecified atom stereocenters. The molecule has 0 amide bonds. The van der Waals surface area contributed by atoms with Crippen LogP contribution in [0.1, 0.15) is 19.8 Å². The number of halogens is 1. The second kappa shape index (κ2) is 4.06. The fourth-order valence-corrected chi connectivity index (χ4v) is 1.83. The number of nitrogens with zero attached hydrogens (tertiary/aromatic N) is 2. The standard InChI is InChI=1S/C10H14BrN3O/c1-10(6-15,7-2-3-7)14-9-12-4-8(11)5-13-9/h4-5,7,15H,2-3,6H2,1H3,(H,12,13,14)/t10-/m1/s1. The van der Waals surface area contributed by atoms with E-state index in [2.05, 4.69) is 31.2 Å². The van der Waals surface area contributed by atoms with E-state index in [1.54, 1.807) is 12.4 Å². The molecule has 82 valence electrons. The lowest BCUT2D eigenvalue weighted by atomic mass is 9.97. The third kappa shape index (κ3) is 2.46. The highest BCUT2D eigenvalue weighted by atomic mass is 79.9. The molecule has 0 radical (unpaired) electrons. The van der Waals surface area contributed by atoms with Crippen molar-refractivity contribution < 1.29 is 5.11 Å². The van der Waals surface area contributed by atoms with Gasteiger partial charge in [0.15, 0.2) is 0 Å². The lowest BCUT2D eigenvalue weighted by Crippen LogP contribution is -2.41. The monoisotopic (exact) mass is 271 g/mol. The Kier molecular flexibility index (Phi) is 2.93. The van der Waals surface area contributed by atoms with Crippen LogP contribution in [-0.4, -0.2) is 27.2 Å². The summed E-state index contributed by atoms with van der Waals surface area (Å²) in [6.45, 7) is 2.12. The fraction of sp³-hybridized carbons (Fsp3) is 0.600. The number of aliphatic hydroxyl groups excluding tert-OH is 1. The van der Waals surface area contributed by atoms with Crippen molar-refractivity contribution in [2.45, 2.75) is 25.3 Å². The van der Waals surface area contributed by atoms with Gasteiger partial charge >= 0.3 is 0 Å². The van der Waals surface area contributed by atoms with Crippen LogP contribution >= 0.6 is 15.9 Å². The Morgan fingerprint density at radius 2 is 2.13 bits per heavy atom. The molecule has 0 aliphatic heterocycles. The van der Waals surface area contributed by atoms with Crippen molar-refractivity contribution in [3.8, 4) is 0 Å². The van der Waals surface area contributed by atoms with Crippen LogP contribution in [0.2, 0.25) is 0 Å². The van der Waals surface area contributed by atoms with Crippen LogP contribution in [0.5, 0.6) is 0 Å². The van der Waals surface area contributed by atoms with Gasteiger partial charge in [-0.3, -0.25) is 0 Å². The second-order valence-corrected chi connectivity index (χ2v) is 5.12. The molecule has 0 spiro atoms. The van der Waals surface area contributed by atoms with Crippen LogP contribution in [0, 0.1) is 5.92 Å². The minimum Gasteiger partial charge on any atom is -0.394 e. The van der Waals surface area contributed by atoms with E-state index in [0.29, 0.717) is 11.9 Å². The zero-order chi connectivity index (χ0) is 10.9. The van der Waals surface area contributed by atoms with Gasteiger partial charge in [-0.1, -0.05) is 0 Å². The van der Waals surface area contributed by atoms with Crippen molar-refractivity contribution in [2.24, 2.45) is 5.92 Å². The Labute approximate surface area is 97.3 Å². The second-order valence-electron chi connectivity index (χ2n) is 4.20. The van der Waals surface area contributed by atoms with Crippen LogP contribution in [0.3, 0.4) is 0 Å². The molecule has 0 bridgehead atoms. The molecule has 2 N–H and O–H groups in total. The van der Waals surface area contributed by atoms with E-state index in [0.717, 1.165) is 4.47 Å². The smallest absolute Gasteiger partial charge is 0.223 e. The maximum Gasteiger partial charge on any atom is 0.223 e. The molecular weight excluding hydrogens is 258 g/mol. The van der Waals surface area contributed by atoms with E-state index in [1.165, 1.54) is 12.8 Å². The Morgan fingerprint density at radius 3 is 2.60 bits per heavy atom. The van der Waals surface area contributed by atoms with Crippen LogP contribution in [0.15, 0.2) is 16.9 Å². The molecule has 1 aliphatic rings. The van der Waals surface area contributed by atoms with Gasteiger partial charge in [0.25, 0.3) is 0 Å². The Balaban J connectivity index is 2.09. The topological polar surface area (TPSA) is 58.0 Å². The van der Waals surface area contributed by atoms with E-state index in [4.69, 9.17) is 0 Å². The number of nitrogens with one attached hydrogen (secondary N) is 1. The molecule has 1 saturated carbocycles. The van der Waals surface area contributed by atoms with Crippen molar-refractivity contribution in [1.29, 1.82) is 0 Å². The Bertz CT molecular complexity index is 339. The van der Waals surface area contributed by atoms with Gasteiger partial charge in [-0.15, -0.1) is 0 Å². The van der Waals surface area contributed by atoms with Gasteiger partial charge in [-0.05, 0) is 41.6 Å². The normalized spacial score (nSPS) is 19.7.